The van der Waals surface area contributed by atoms with Crippen molar-refractivity contribution in [2.24, 2.45) is 0 Å². The monoisotopic (exact) mass is 396 g/mol. The van der Waals surface area contributed by atoms with Crippen LogP contribution in [0.25, 0.3) is 0 Å². The van der Waals surface area contributed by atoms with Gasteiger partial charge in [-0.15, -0.1) is 21.5 Å². The van der Waals surface area contributed by atoms with Crippen LogP contribution < -0.4 is 0 Å². The number of carbonyl (C=O) groups is 1. The number of carbonyl (C=O) groups excluding carboxylic acids is 1. The number of hydrogen-bond donors (Lipinski definition) is 0. The van der Waals surface area contributed by atoms with Gasteiger partial charge in [0.15, 0.2) is 5.78 Å². The maximum Gasteiger partial charge on any atom is 0.294 e. The van der Waals surface area contributed by atoms with Crippen LogP contribution in [0, 0.1) is 17.0 Å². The third kappa shape index (κ3) is 4.61. The Kier molecular flexibility index (Phi) is 6.16. The number of aromatic nitrogens is 1. The minimum Gasteiger partial charge on any atom is -0.314 e. The number of thiazole rings is 1. The molecular formula is C21H20N2O4S. The molecule has 1 aromatic heterocycles. The van der Waals surface area contributed by atoms with Crippen molar-refractivity contribution < 1.29 is 14.7 Å². The standard InChI is InChI=1S/C21H20N2O4S/c1-14(21-22-15(2)19(28-21)12-13-27-23(25)26)16-8-10-18(11-9-16)20(24)17-6-4-3-5-7-17/h3-11,14H,12-13H2,1-2H3. The molecule has 0 aliphatic heterocycles. The minimum atomic E-state index is -0.780. The summed E-state index contributed by atoms with van der Waals surface area (Å²) >= 11 is 1.54. The van der Waals surface area contributed by atoms with Crippen molar-refractivity contribution in [3.8, 4) is 0 Å². The number of nitrogens with zero attached hydrogens (tertiary/aromatic N) is 2. The molecule has 0 amide bonds. The highest BCUT2D eigenvalue weighted by Gasteiger charge is 2.17. The zero-order valence-electron chi connectivity index (χ0n) is 15.6. The molecule has 0 aliphatic rings. The van der Waals surface area contributed by atoms with Crippen LogP contribution in [0.5, 0.6) is 0 Å². The van der Waals surface area contributed by atoms with Crippen molar-refractivity contribution >= 4 is 17.1 Å². The molecule has 0 aliphatic carbocycles. The number of ketones is 1. The van der Waals surface area contributed by atoms with E-state index in [9.17, 15) is 14.9 Å². The molecule has 3 aromatic rings. The van der Waals surface area contributed by atoms with Gasteiger partial charge in [-0.05, 0) is 12.5 Å². The summed E-state index contributed by atoms with van der Waals surface area (Å²) in [5.74, 6) is 0.0627. The first-order chi connectivity index (χ1) is 13.5. The minimum absolute atomic E-state index is 0.00188. The zero-order valence-corrected chi connectivity index (χ0v) is 16.4. The lowest BCUT2D eigenvalue weighted by Gasteiger charge is -2.09. The Morgan fingerprint density at radius 2 is 1.79 bits per heavy atom. The van der Waals surface area contributed by atoms with E-state index < -0.39 is 5.09 Å². The van der Waals surface area contributed by atoms with Crippen LogP contribution in [0.15, 0.2) is 54.6 Å². The highest BCUT2D eigenvalue weighted by molar-refractivity contribution is 7.11. The van der Waals surface area contributed by atoms with Gasteiger partial charge in [-0.2, -0.15) is 0 Å². The molecule has 1 atom stereocenters. The Bertz CT molecular complexity index is 968. The lowest BCUT2D eigenvalue weighted by molar-refractivity contribution is -0.757. The summed E-state index contributed by atoms with van der Waals surface area (Å²) in [5, 5.41) is 10.4. The van der Waals surface area contributed by atoms with E-state index >= 15 is 0 Å². The molecule has 0 saturated heterocycles. The van der Waals surface area contributed by atoms with Gasteiger partial charge in [0.2, 0.25) is 0 Å². The van der Waals surface area contributed by atoms with E-state index in [2.05, 4.69) is 16.7 Å². The summed E-state index contributed by atoms with van der Waals surface area (Å²) in [6.45, 7) is 3.99. The lowest BCUT2D eigenvalue weighted by atomic mass is 9.97. The fraction of sp³-hybridized carbons (Fsp3) is 0.238. The van der Waals surface area contributed by atoms with Crippen molar-refractivity contribution in [1.82, 2.24) is 4.98 Å². The third-order valence-corrected chi connectivity index (χ3v) is 5.91. The number of benzene rings is 2. The van der Waals surface area contributed by atoms with Crippen molar-refractivity contribution in [2.75, 3.05) is 6.61 Å². The summed E-state index contributed by atoms with van der Waals surface area (Å²) < 4.78 is 0. The first-order valence-corrected chi connectivity index (χ1v) is 9.70. The van der Waals surface area contributed by atoms with Crippen molar-refractivity contribution in [3.05, 3.63) is 97.0 Å². The molecule has 0 bridgehead atoms. The Hall–Kier alpha value is -3.06. The maximum atomic E-state index is 12.5. The molecule has 3 rings (SSSR count). The molecule has 0 N–H and O–H groups in total. The largest absolute Gasteiger partial charge is 0.314 e. The fourth-order valence-corrected chi connectivity index (χ4v) is 4.03. The van der Waals surface area contributed by atoms with Gasteiger partial charge < -0.3 is 4.84 Å². The second-order valence-electron chi connectivity index (χ2n) is 6.41. The number of rotatable bonds is 8. The van der Waals surface area contributed by atoms with Gasteiger partial charge in [0.1, 0.15) is 11.6 Å². The van der Waals surface area contributed by atoms with E-state index in [0.717, 1.165) is 21.1 Å². The summed E-state index contributed by atoms with van der Waals surface area (Å²) in [7, 11) is 0. The Balaban J connectivity index is 1.72. The number of hydrogen-bond acceptors (Lipinski definition) is 6. The molecule has 0 radical (unpaired) electrons. The lowest BCUT2D eigenvalue weighted by Crippen LogP contribution is -2.04. The first kappa shape index (κ1) is 19.7. The Morgan fingerprint density at radius 3 is 2.43 bits per heavy atom. The van der Waals surface area contributed by atoms with Crippen LogP contribution in [-0.4, -0.2) is 22.5 Å². The quantitative estimate of drug-likeness (QED) is 0.316. The van der Waals surface area contributed by atoms with Crippen LogP contribution in [0.1, 0.15) is 49.9 Å². The fourth-order valence-electron chi connectivity index (χ4n) is 2.90. The van der Waals surface area contributed by atoms with Gasteiger partial charge in [-0.1, -0.05) is 61.5 Å². The van der Waals surface area contributed by atoms with Crippen LogP contribution in [0.3, 0.4) is 0 Å². The normalized spacial score (nSPS) is 11.8. The highest BCUT2D eigenvalue weighted by atomic mass is 32.1. The second-order valence-corrected chi connectivity index (χ2v) is 7.52. The van der Waals surface area contributed by atoms with Crippen LogP contribution in [0.2, 0.25) is 0 Å². The molecule has 2 aromatic carbocycles. The molecule has 1 heterocycles. The summed E-state index contributed by atoms with van der Waals surface area (Å²) in [6, 6.07) is 16.8. The van der Waals surface area contributed by atoms with Crippen LogP contribution >= 0.6 is 11.3 Å². The maximum absolute atomic E-state index is 12.5. The molecule has 0 saturated carbocycles. The average Bonchev–Trinajstić information content (AvgIpc) is 3.08. The zero-order chi connectivity index (χ0) is 20.1. The Morgan fingerprint density at radius 1 is 1.14 bits per heavy atom. The van der Waals surface area contributed by atoms with Gasteiger partial charge in [-0.25, -0.2) is 4.98 Å². The molecule has 144 valence electrons. The molecule has 0 spiro atoms. The molecular weight excluding hydrogens is 376 g/mol. The van der Waals surface area contributed by atoms with E-state index in [1.165, 1.54) is 0 Å². The topological polar surface area (TPSA) is 82.3 Å². The smallest absolute Gasteiger partial charge is 0.294 e. The molecule has 28 heavy (non-hydrogen) atoms. The molecule has 0 fully saturated rings. The van der Waals surface area contributed by atoms with Crippen molar-refractivity contribution in [2.45, 2.75) is 26.2 Å². The summed E-state index contributed by atoms with van der Waals surface area (Å²) in [4.78, 5) is 32.8. The van der Waals surface area contributed by atoms with E-state index in [1.807, 2.05) is 49.4 Å². The van der Waals surface area contributed by atoms with Crippen molar-refractivity contribution in [3.63, 3.8) is 0 Å². The summed E-state index contributed by atoms with van der Waals surface area (Å²) in [6.07, 6.45) is 0.460. The molecule has 6 nitrogen and oxygen atoms in total. The predicted molar refractivity (Wildman–Crippen MR) is 107 cm³/mol. The Labute approximate surface area is 166 Å². The van der Waals surface area contributed by atoms with E-state index in [0.29, 0.717) is 17.5 Å². The molecule has 7 heteroatoms. The molecule has 1 unspecified atom stereocenters. The van der Waals surface area contributed by atoms with Crippen molar-refractivity contribution in [1.29, 1.82) is 0 Å². The first-order valence-electron chi connectivity index (χ1n) is 8.89. The van der Waals surface area contributed by atoms with E-state index in [1.54, 1.807) is 23.5 Å². The van der Waals surface area contributed by atoms with Crippen LogP contribution in [-0.2, 0) is 11.3 Å². The average molecular weight is 396 g/mol. The van der Waals surface area contributed by atoms with Gasteiger partial charge >= 0.3 is 0 Å². The number of aryl methyl sites for hydroxylation is 1. The van der Waals surface area contributed by atoms with Gasteiger partial charge in [-0.3, -0.25) is 4.79 Å². The van der Waals surface area contributed by atoms with E-state index in [4.69, 9.17) is 0 Å². The SMILES string of the molecule is Cc1nc(C(C)c2ccc(C(=O)c3ccccc3)cc2)sc1CCO[N+](=O)[O-]. The van der Waals surface area contributed by atoms with Crippen LogP contribution in [0.4, 0.5) is 0 Å². The van der Waals surface area contributed by atoms with Gasteiger partial charge in [0, 0.05) is 28.3 Å². The van der Waals surface area contributed by atoms with Gasteiger partial charge in [0.25, 0.3) is 5.09 Å². The second kappa shape index (κ2) is 8.75. The summed E-state index contributed by atoms with van der Waals surface area (Å²) in [5.41, 5.74) is 3.25. The van der Waals surface area contributed by atoms with E-state index in [-0.39, 0.29) is 18.3 Å². The third-order valence-electron chi connectivity index (χ3n) is 4.51. The highest BCUT2D eigenvalue weighted by Crippen LogP contribution is 2.30. The predicted octanol–water partition coefficient (Wildman–Crippen LogP) is 4.59. The van der Waals surface area contributed by atoms with Gasteiger partial charge in [0.05, 0.1) is 5.69 Å².